The number of aliphatic carboxylic acids is 1. The number of anilines is 1. The predicted octanol–water partition coefficient (Wildman–Crippen LogP) is 0.377. The van der Waals surface area contributed by atoms with E-state index in [1.165, 1.54) is 23.2 Å². The number of carbonyl (C=O) groups excluding carboxylic acids is 3. The Morgan fingerprint density at radius 3 is 2.93 bits per heavy atom. The van der Waals surface area contributed by atoms with Gasteiger partial charge in [-0.05, 0) is 12.5 Å². The highest BCUT2D eigenvalue weighted by Crippen LogP contribution is 2.40. The Morgan fingerprint density at radius 1 is 1.53 bits per heavy atom. The zero-order valence-electron chi connectivity index (χ0n) is 15.7. The van der Waals surface area contributed by atoms with Crippen molar-refractivity contribution < 1.29 is 29.1 Å². The van der Waals surface area contributed by atoms with E-state index in [0.29, 0.717) is 17.7 Å². The molecule has 0 bridgehead atoms. The molecule has 0 aromatic carbocycles. The molecule has 0 spiro atoms. The molecule has 11 nitrogen and oxygen atoms in total. The lowest BCUT2D eigenvalue weighted by Crippen LogP contribution is -2.71. The molecule has 1 saturated heterocycles. The Labute approximate surface area is 178 Å². The number of rotatable bonds is 9. The highest BCUT2D eigenvalue weighted by molar-refractivity contribution is 8.00. The fourth-order valence-corrected chi connectivity index (χ4v) is 4.84. The second-order valence-electron chi connectivity index (χ2n) is 5.90. The van der Waals surface area contributed by atoms with Crippen LogP contribution in [0, 0.1) is 0 Å². The average Bonchev–Trinajstić information content (AvgIpc) is 3.19. The maximum atomic E-state index is 12.8. The molecular weight excluding hydrogens is 434 g/mol. The first-order valence-corrected chi connectivity index (χ1v) is 10.6. The van der Waals surface area contributed by atoms with Crippen molar-refractivity contribution in [3.63, 3.8) is 0 Å². The Kier molecular flexibility index (Phi) is 6.52. The Bertz CT molecular complexity index is 972. The lowest BCUT2D eigenvalue weighted by molar-refractivity contribution is -0.150. The van der Waals surface area contributed by atoms with Crippen LogP contribution in [0.4, 0.5) is 5.13 Å². The maximum absolute atomic E-state index is 12.8. The van der Waals surface area contributed by atoms with Gasteiger partial charge < -0.3 is 20.6 Å². The fraction of sp³-hybridized carbons (Fsp3) is 0.294. The number of oxime groups is 1. The monoisotopic (exact) mass is 451 g/mol. The van der Waals surface area contributed by atoms with Gasteiger partial charge in [0.1, 0.15) is 29.4 Å². The third-order valence-corrected chi connectivity index (χ3v) is 6.24. The van der Waals surface area contributed by atoms with Crippen molar-refractivity contribution in [3.05, 3.63) is 35.0 Å². The molecule has 1 unspecified atom stereocenters. The minimum atomic E-state index is -1.23. The van der Waals surface area contributed by atoms with Gasteiger partial charge in [0.15, 0.2) is 10.8 Å². The molecule has 1 aromatic heterocycles. The summed E-state index contributed by atoms with van der Waals surface area (Å²) in [7, 11) is 0. The molecule has 3 N–H and O–H groups in total. The van der Waals surface area contributed by atoms with Crippen molar-refractivity contribution in [3.8, 4) is 0 Å². The van der Waals surface area contributed by atoms with Gasteiger partial charge in [0, 0.05) is 11.1 Å². The number of thioether (sulfide) groups is 1. The number of carboxylic acid groups (broad SMARTS) is 1. The number of aromatic nitrogens is 1. The molecule has 2 aliphatic heterocycles. The summed E-state index contributed by atoms with van der Waals surface area (Å²) in [5.41, 5.74) is 0.310. The van der Waals surface area contributed by atoms with Gasteiger partial charge in [-0.3, -0.25) is 19.3 Å². The van der Waals surface area contributed by atoms with Crippen LogP contribution in [0.5, 0.6) is 0 Å². The van der Waals surface area contributed by atoms with Crippen LogP contribution in [-0.4, -0.2) is 68.7 Å². The number of β-lactam (4-membered cyclic amide) rings is 1. The quantitative estimate of drug-likeness (QED) is 0.211. The van der Waals surface area contributed by atoms with Crippen LogP contribution >= 0.6 is 23.1 Å². The van der Waals surface area contributed by atoms with Gasteiger partial charge in [0.05, 0.1) is 0 Å². The largest absolute Gasteiger partial charge is 0.477 e. The molecule has 30 heavy (non-hydrogen) atoms. The fourth-order valence-electron chi connectivity index (χ4n) is 2.84. The molecule has 0 aliphatic carbocycles. The van der Waals surface area contributed by atoms with E-state index in [2.05, 4.69) is 27.4 Å². The minimum Gasteiger partial charge on any atom is -0.477 e. The number of allylic oxidation sites excluding steroid dienone is 1. The molecule has 3 heterocycles. The first-order valence-electron chi connectivity index (χ1n) is 8.63. The van der Waals surface area contributed by atoms with Crippen LogP contribution in [0.1, 0.15) is 12.6 Å². The molecule has 2 aliphatic rings. The zero-order valence-corrected chi connectivity index (χ0v) is 17.3. The molecule has 158 valence electrons. The SMILES string of the molecule is C=CC1=C(C(=O)O)N2C(=O)C(NC(=O)C(=NOCC)c3csc(NC=O)n3)[C@@H]2SC1. The highest BCUT2D eigenvalue weighted by atomic mass is 32.2. The normalized spacial score (nSPS) is 20.8. The van der Waals surface area contributed by atoms with E-state index in [0.717, 1.165) is 16.2 Å². The predicted molar refractivity (Wildman–Crippen MR) is 110 cm³/mol. The van der Waals surface area contributed by atoms with E-state index in [1.807, 2.05) is 0 Å². The van der Waals surface area contributed by atoms with Crippen molar-refractivity contribution >= 4 is 58.1 Å². The van der Waals surface area contributed by atoms with Crippen molar-refractivity contribution in [2.75, 3.05) is 17.7 Å². The van der Waals surface area contributed by atoms with Gasteiger partial charge in [-0.1, -0.05) is 17.8 Å². The number of fused-ring (bicyclic) bond motifs is 1. The van der Waals surface area contributed by atoms with Gasteiger partial charge in [0.25, 0.3) is 11.8 Å². The zero-order chi connectivity index (χ0) is 21.8. The summed E-state index contributed by atoms with van der Waals surface area (Å²) >= 11 is 2.41. The van der Waals surface area contributed by atoms with Crippen molar-refractivity contribution in [2.45, 2.75) is 18.3 Å². The summed E-state index contributed by atoms with van der Waals surface area (Å²) in [5.74, 6) is -2.14. The van der Waals surface area contributed by atoms with Crippen LogP contribution in [0.3, 0.4) is 0 Å². The van der Waals surface area contributed by atoms with E-state index in [9.17, 15) is 24.3 Å². The number of hydrogen-bond acceptors (Lipinski definition) is 9. The topological polar surface area (TPSA) is 150 Å². The van der Waals surface area contributed by atoms with E-state index in [4.69, 9.17) is 4.84 Å². The van der Waals surface area contributed by atoms with Gasteiger partial charge >= 0.3 is 5.97 Å². The Morgan fingerprint density at radius 2 is 2.30 bits per heavy atom. The maximum Gasteiger partial charge on any atom is 0.352 e. The second kappa shape index (κ2) is 9.09. The highest BCUT2D eigenvalue weighted by Gasteiger charge is 2.54. The van der Waals surface area contributed by atoms with E-state index < -0.39 is 29.2 Å². The van der Waals surface area contributed by atoms with Gasteiger partial charge in [-0.25, -0.2) is 9.78 Å². The van der Waals surface area contributed by atoms with Crippen molar-refractivity contribution in [1.82, 2.24) is 15.2 Å². The summed E-state index contributed by atoms with van der Waals surface area (Å²) in [4.78, 5) is 57.8. The minimum absolute atomic E-state index is 0.128. The Balaban J connectivity index is 1.79. The number of hydrogen-bond donors (Lipinski definition) is 3. The molecule has 3 rings (SSSR count). The first kappa shape index (κ1) is 21.5. The Hall–Kier alpha value is -3.19. The van der Waals surface area contributed by atoms with Crippen LogP contribution < -0.4 is 10.6 Å². The van der Waals surface area contributed by atoms with E-state index in [1.54, 1.807) is 6.92 Å². The number of thiazole rings is 1. The molecule has 1 fully saturated rings. The molecule has 1 aromatic rings. The van der Waals surface area contributed by atoms with Gasteiger partial charge in [-0.2, -0.15) is 0 Å². The molecule has 3 amide bonds. The number of nitrogens with zero attached hydrogens (tertiary/aromatic N) is 3. The number of amides is 3. The molecule has 2 atom stereocenters. The molecule has 13 heteroatoms. The second-order valence-corrected chi connectivity index (χ2v) is 7.86. The van der Waals surface area contributed by atoms with Crippen LogP contribution in [-0.2, 0) is 24.0 Å². The molecule has 0 radical (unpaired) electrons. The molecular formula is C17H17N5O6S2. The summed E-state index contributed by atoms with van der Waals surface area (Å²) in [6, 6.07) is -0.929. The van der Waals surface area contributed by atoms with Crippen LogP contribution in [0.15, 0.2) is 34.5 Å². The van der Waals surface area contributed by atoms with Crippen molar-refractivity contribution in [2.24, 2.45) is 5.16 Å². The van der Waals surface area contributed by atoms with Crippen molar-refractivity contribution in [1.29, 1.82) is 0 Å². The first-order chi connectivity index (χ1) is 14.4. The van der Waals surface area contributed by atoms with E-state index >= 15 is 0 Å². The standard InChI is InChI=1S/C17H17N5O6S2/c1-3-8-5-29-15-11(14(25)22(15)12(8)16(26)27)20-13(24)10(21-28-4-2)9-6-30-17(19-9)18-7-23/h3,6-7,11,15H,1,4-5H2,2H3,(H,20,24)(H,26,27)(H,18,19,23)/t11?,15-/m0/s1. The third-order valence-electron chi connectivity index (χ3n) is 4.16. The number of nitrogens with one attached hydrogen (secondary N) is 2. The smallest absolute Gasteiger partial charge is 0.352 e. The van der Waals surface area contributed by atoms with Gasteiger partial charge in [-0.15, -0.1) is 23.1 Å². The molecule has 0 saturated carbocycles. The third kappa shape index (κ3) is 3.93. The summed E-state index contributed by atoms with van der Waals surface area (Å²) < 4.78 is 0. The average molecular weight is 451 g/mol. The van der Waals surface area contributed by atoms with E-state index in [-0.39, 0.29) is 28.8 Å². The van der Waals surface area contributed by atoms with Crippen LogP contribution in [0.2, 0.25) is 0 Å². The number of carbonyl (C=O) groups is 4. The lowest BCUT2D eigenvalue weighted by atomic mass is 10.0. The van der Waals surface area contributed by atoms with Gasteiger partial charge in [0.2, 0.25) is 6.41 Å². The summed E-state index contributed by atoms with van der Waals surface area (Å²) in [6.07, 6.45) is 1.86. The van der Waals surface area contributed by atoms with Crippen LogP contribution in [0.25, 0.3) is 0 Å². The summed E-state index contributed by atoms with van der Waals surface area (Å²) in [6.45, 7) is 5.47. The lowest BCUT2D eigenvalue weighted by Gasteiger charge is -2.49. The summed E-state index contributed by atoms with van der Waals surface area (Å²) in [5, 5.41) is 19.4. The number of carboxylic acids is 1.